The summed E-state index contributed by atoms with van der Waals surface area (Å²) in [6.45, 7) is 8.47. The number of nitrogens with one attached hydrogen (secondary N) is 2. The van der Waals surface area contributed by atoms with Gasteiger partial charge in [-0.2, -0.15) is 0 Å². The van der Waals surface area contributed by atoms with Crippen LogP contribution in [-0.2, 0) is 4.74 Å². The third-order valence-electron chi connectivity index (χ3n) is 3.77. The molecule has 4 nitrogen and oxygen atoms in total. The van der Waals surface area contributed by atoms with Gasteiger partial charge in [-0.3, -0.25) is 0 Å². The molecule has 0 aromatic carbocycles. The lowest BCUT2D eigenvalue weighted by atomic mass is 10.1. The second-order valence-electron chi connectivity index (χ2n) is 6.97. The molecule has 0 saturated heterocycles. The zero-order valence-corrected chi connectivity index (χ0v) is 14.8. The number of alkyl carbamates (subject to hydrolysis) is 1. The zero-order chi connectivity index (χ0) is 16.2. The van der Waals surface area contributed by atoms with E-state index in [0.717, 1.165) is 6.42 Å². The Labute approximate surface area is 137 Å². The van der Waals surface area contributed by atoms with Gasteiger partial charge in [0.25, 0.3) is 0 Å². The van der Waals surface area contributed by atoms with E-state index < -0.39 is 5.60 Å². The standard InChI is InChI=1S/C17H28N2O2S/c1-5-13(15-7-6-10-22-15)19-14(12-8-9-12)11-18-16(20)21-17(2,3)4/h6-7,10,12-14,19H,5,8-9,11H2,1-4H3,(H,18,20). The van der Waals surface area contributed by atoms with E-state index in [2.05, 4.69) is 35.1 Å². The monoisotopic (exact) mass is 324 g/mol. The zero-order valence-electron chi connectivity index (χ0n) is 14.0. The van der Waals surface area contributed by atoms with Gasteiger partial charge in [0.1, 0.15) is 5.60 Å². The van der Waals surface area contributed by atoms with Crippen LogP contribution in [0, 0.1) is 5.92 Å². The van der Waals surface area contributed by atoms with Gasteiger partial charge in [-0.1, -0.05) is 13.0 Å². The van der Waals surface area contributed by atoms with E-state index in [9.17, 15) is 4.79 Å². The van der Waals surface area contributed by atoms with Crippen molar-refractivity contribution in [2.24, 2.45) is 5.92 Å². The van der Waals surface area contributed by atoms with Crippen LogP contribution in [0.3, 0.4) is 0 Å². The lowest BCUT2D eigenvalue weighted by molar-refractivity contribution is 0.0520. The lowest BCUT2D eigenvalue weighted by Crippen LogP contribution is -2.45. The van der Waals surface area contributed by atoms with Gasteiger partial charge in [0, 0.05) is 23.5 Å². The van der Waals surface area contributed by atoms with E-state index in [-0.39, 0.29) is 6.09 Å². The molecule has 1 aliphatic rings. The van der Waals surface area contributed by atoms with Crippen LogP contribution < -0.4 is 10.6 Å². The van der Waals surface area contributed by atoms with Crippen LogP contribution in [0.5, 0.6) is 0 Å². The summed E-state index contributed by atoms with van der Waals surface area (Å²) in [5.41, 5.74) is -0.449. The maximum Gasteiger partial charge on any atom is 0.407 e. The van der Waals surface area contributed by atoms with Crippen LogP contribution in [0.2, 0.25) is 0 Å². The second kappa shape index (κ2) is 7.47. The Kier molecular flexibility index (Phi) is 5.87. The summed E-state index contributed by atoms with van der Waals surface area (Å²) in [7, 11) is 0. The molecule has 1 amide bonds. The number of hydrogen-bond donors (Lipinski definition) is 2. The molecule has 2 atom stereocenters. The van der Waals surface area contributed by atoms with Gasteiger partial charge in [0.2, 0.25) is 0 Å². The Morgan fingerprint density at radius 1 is 1.45 bits per heavy atom. The summed E-state index contributed by atoms with van der Waals surface area (Å²) in [6.07, 6.45) is 3.21. The smallest absolute Gasteiger partial charge is 0.407 e. The molecule has 1 heterocycles. The molecule has 1 aromatic rings. The highest BCUT2D eigenvalue weighted by molar-refractivity contribution is 7.10. The van der Waals surface area contributed by atoms with Gasteiger partial charge in [-0.25, -0.2) is 4.79 Å². The predicted octanol–water partition coefficient (Wildman–Crippen LogP) is 4.09. The molecule has 5 heteroatoms. The van der Waals surface area contributed by atoms with E-state index in [0.29, 0.717) is 24.5 Å². The van der Waals surface area contributed by atoms with Crippen molar-refractivity contribution in [1.29, 1.82) is 0 Å². The average molecular weight is 324 g/mol. The molecule has 124 valence electrons. The van der Waals surface area contributed by atoms with E-state index in [1.165, 1.54) is 17.7 Å². The Hall–Kier alpha value is -1.07. The van der Waals surface area contributed by atoms with E-state index in [1.807, 2.05) is 20.8 Å². The first-order chi connectivity index (χ1) is 10.4. The first-order valence-electron chi connectivity index (χ1n) is 8.15. The van der Waals surface area contributed by atoms with Crippen molar-refractivity contribution in [2.45, 2.75) is 64.6 Å². The van der Waals surface area contributed by atoms with Gasteiger partial charge in [-0.05, 0) is 57.4 Å². The van der Waals surface area contributed by atoms with Gasteiger partial charge in [0.05, 0.1) is 0 Å². The van der Waals surface area contributed by atoms with Crippen LogP contribution in [0.4, 0.5) is 4.79 Å². The third kappa shape index (κ3) is 5.61. The molecule has 0 bridgehead atoms. The summed E-state index contributed by atoms with van der Waals surface area (Å²) in [4.78, 5) is 13.2. The molecule has 2 rings (SSSR count). The van der Waals surface area contributed by atoms with Crippen LogP contribution in [-0.4, -0.2) is 24.3 Å². The Morgan fingerprint density at radius 3 is 2.68 bits per heavy atom. The molecule has 1 aliphatic carbocycles. The number of ether oxygens (including phenoxy) is 1. The summed E-state index contributed by atoms with van der Waals surface area (Å²) in [5, 5.41) is 8.76. The highest BCUT2D eigenvalue weighted by Gasteiger charge is 2.33. The summed E-state index contributed by atoms with van der Waals surface area (Å²) >= 11 is 1.79. The van der Waals surface area contributed by atoms with Crippen LogP contribution in [0.15, 0.2) is 17.5 Å². The summed E-state index contributed by atoms with van der Waals surface area (Å²) in [6, 6.07) is 4.96. The van der Waals surface area contributed by atoms with Gasteiger partial charge >= 0.3 is 6.09 Å². The van der Waals surface area contributed by atoms with Crippen molar-refractivity contribution in [3.05, 3.63) is 22.4 Å². The number of thiophene rings is 1. The fraction of sp³-hybridized carbons (Fsp3) is 0.706. The van der Waals surface area contributed by atoms with Crippen molar-refractivity contribution in [1.82, 2.24) is 10.6 Å². The molecule has 22 heavy (non-hydrogen) atoms. The summed E-state index contributed by atoms with van der Waals surface area (Å²) < 4.78 is 5.32. The number of hydrogen-bond acceptors (Lipinski definition) is 4. The SMILES string of the molecule is CCC(NC(CNC(=O)OC(C)(C)C)C1CC1)c1cccs1. The minimum absolute atomic E-state index is 0.319. The minimum Gasteiger partial charge on any atom is -0.444 e. The van der Waals surface area contributed by atoms with E-state index >= 15 is 0 Å². The van der Waals surface area contributed by atoms with Gasteiger partial charge in [0.15, 0.2) is 0 Å². The fourth-order valence-electron chi connectivity index (χ4n) is 2.52. The topological polar surface area (TPSA) is 50.4 Å². The average Bonchev–Trinajstić information content (AvgIpc) is 3.12. The molecular formula is C17H28N2O2S. The predicted molar refractivity (Wildman–Crippen MR) is 91.2 cm³/mol. The van der Waals surface area contributed by atoms with Crippen molar-refractivity contribution in [2.75, 3.05) is 6.54 Å². The van der Waals surface area contributed by atoms with E-state index in [4.69, 9.17) is 4.74 Å². The molecular weight excluding hydrogens is 296 g/mol. The Morgan fingerprint density at radius 2 is 2.18 bits per heavy atom. The van der Waals surface area contributed by atoms with E-state index in [1.54, 1.807) is 11.3 Å². The molecule has 0 radical (unpaired) electrons. The Balaban J connectivity index is 1.86. The van der Waals surface area contributed by atoms with Gasteiger partial charge in [-0.15, -0.1) is 11.3 Å². The van der Waals surface area contributed by atoms with Gasteiger partial charge < -0.3 is 15.4 Å². The molecule has 1 aromatic heterocycles. The molecule has 2 unspecified atom stereocenters. The van der Waals surface area contributed by atoms with Crippen molar-refractivity contribution < 1.29 is 9.53 Å². The largest absolute Gasteiger partial charge is 0.444 e. The van der Waals surface area contributed by atoms with Crippen LogP contribution in [0.1, 0.15) is 57.9 Å². The van der Waals surface area contributed by atoms with Crippen molar-refractivity contribution in [3.8, 4) is 0 Å². The fourth-order valence-corrected chi connectivity index (χ4v) is 3.39. The summed E-state index contributed by atoms with van der Waals surface area (Å²) in [5.74, 6) is 0.670. The first kappa shape index (κ1) is 17.3. The Bertz CT molecular complexity index is 464. The first-order valence-corrected chi connectivity index (χ1v) is 9.03. The number of carbonyl (C=O) groups is 1. The second-order valence-corrected chi connectivity index (χ2v) is 7.95. The third-order valence-corrected chi connectivity index (χ3v) is 4.75. The number of amides is 1. The lowest BCUT2D eigenvalue weighted by Gasteiger charge is -2.26. The number of rotatable bonds is 7. The normalized spacial score (nSPS) is 17.8. The maximum atomic E-state index is 11.8. The van der Waals surface area contributed by atoms with Crippen molar-refractivity contribution in [3.63, 3.8) is 0 Å². The molecule has 1 fully saturated rings. The minimum atomic E-state index is -0.449. The maximum absolute atomic E-state index is 11.8. The number of carbonyl (C=O) groups excluding carboxylic acids is 1. The molecule has 1 saturated carbocycles. The van der Waals surface area contributed by atoms with Crippen LogP contribution >= 0.6 is 11.3 Å². The van der Waals surface area contributed by atoms with Crippen LogP contribution in [0.25, 0.3) is 0 Å². The quantitative estimate of drug-likeness (QED) is 0.794. The molecule has 0 spiro atoms. The highest BCUT2D eigenvalue weighted by atomic mass is 32.1. The molecule has 0 aliphatic heterocycles. The molecule has 2 N–H and O–H groups in total. The highest BCUT2D eigenvalue weighted by Crippen LogP contribution is 2.34. The van der Waals surface area contributed by atoms with Crippen molar-refractivity contribution >= 4 is 17.4 Å².